The molecule has 188 valence electrons. The highest BCUT2D eigenvalue weighted by Gasteiger charge is 2.51. The van der Waals surface area contributed by atoms with Gasteiger partial charge < -0.3 is 19.9 Å². The quantitative estimate of drug-likeness (QED) is 0.544. The zero-order valence-electron chi connectivity index (χ0n) is 20.1. The fourth-order valence-electron chi connectivity index (χ4n) is 5.00. The van der Waals surface area contributed by atoms with Crippen LogP contribution < -0.4 is 5.32 Å². The van der Waals surface area contributed by atoms with Crippen molar-refractivity contribution in [1.82, 2.24) is 25.1 Å². The lowest BCUT2D eigenvalue weighted by Gasteiger charge is -2.55. The number of fused-ring (bicyclic) bond motifs is 1. The van der Waals surface area contributed by atoms with Crippen LogP contribution in [0.5, 0.6) is 0 Å². The van der Waals surface area contributed by atoms with E-state index in [1.165, 1.54) is 0 Å². The van der Waals surface area contributed by atoms with Gasteiger partial charge in [0.1, 0.15) is 12.2 Å². The second-order valence-electron chi connectivity index (χ2n) is 8.97. The summed E-state index contributed by atoms with van der Waals surface area (Å²) in [4.78, 5) is 43.7. The molecular formula is C25H33N5O4S. The van der Waals surface area contributed by atoms with Gasteiger partial charge in [0.15, 0.2) is 0 Å². The molecule has 4 amide bonds. The van der Waals surface area contributed by atoms with Gasteiger partial charge in [-0.15, -0.1) is 6.42 Å². The van der Waals surface area contributed by atoms with E-state index in [0.29, 0.717) is 26.1 Å². The smallest absolute Gasteiger partial charge is 0.334 e. The van der Waals surface area contributed by atoms with E-state index in [-0.39, 0.29) is 43.6 Å². The number of carbonyl (C=O) groups is 3. The van der Waals surface area contributed by atoms with Crippen molar-refractivity contribution in [3.8, 4) is 12.3 Å². The highest BCUT2D eigenvalue weighted by atomic mass is 32.2. The molecule has 1 unspecified atom stereocenters. The minimum Gasteiger partial charge on any atom is -0.376 e. The van der Waals surface area contributed by atoms with Gasteiger partial charge >= 0.3 is 6.03 Å². The molecule has 0 aromatic heterocycles. The Morgan fingerprint density at radius 3 is 2.77 bits per heavy atom. The Hall–Kier alpha value is -2.74. The summed E-state index contributed by atoms with van der Waals surface area (Å²) in [5, 5.41) is 6.12. The molecule has 3 aliphatic rings. The lowest BCUT2D eigenvalue weighted by molar-refractivity contribution is -0.190. The summed E-state index contributed by atoms with van der Waals surface area (Å²) in [5.74, 6) is 3.04. The van der Waals surface area contributed by atoms with Crippen molar-refractivity contribution in [1.29, 1.82) is 0 Å². The van der Waals surface area contributed by atoms with Gasteiger partial charge in [0, 0.05) is 19.7 Å². The molecule has 3 saturated heterocycles. The Labute approximate surface area is 211 Å². The number of thioether (sulfide) groups is 1. The van der Waals surface area contributed by atoms with Crippen molar-refractivity contribution in [3.05, 3.63) is 35.9 Å². The van der Waals surface area contributed by atoms with Crippen LogP contribution in [-0.4, -0.2) is 101 Å². The van der Waals surface area contributed by atoms with Crippen LogP contribution in [0.1, 0.15) is 24.8 Å². The number of terminal acetylenes is 1. The summed E-state index contributed by atoms with van der Waals surface area (Å²) in [7, 11) is 0. The molecule has 3 heterocycles. The first kappa shape index (κ1) is 25.4. The number of urea groups is 1. The van der Waals surface area contributed by atoms with E-state index >= 15 is 0 Å². The van der Waals surface area contributed by atoms with E-state index in [1.54, 1.807) is 31.6 Å². The second-order valence-corrected chi connectivity index (χ2v) is 9.96. The third kappa shape index (κ3) is 5.74. The molecule has 1 aromatic carbocycles. The first-order valence-electron chi connectivity index (χ1n) is 12.0. The number of hydrogen-bond acceptors (Lipinski definition) is 6. The predicted octanol–water partition coefficient (Wildman–Crippen LogP) is 1.36. The van der Waals surface area contributed by atoms with Gasteiger partial charge in [0.25, 0.3) is 0 Å². The van der Waals surface area contributed by atoms with Crippen LogP contribution in [-0.2, 0) is 20.9 Å². The van der Waals surface area contributed by atoms with Gasteiger partial charge in [-0.25, -0.2) is 9.80 Å². The van der Waals surface area contributed by atoms with Gasteiger partial charge in [-0.1, -0.05) is 36.3 Å². The highest BCUT2D eigenvalue weighted by molar-refractivity contribution is 7.98. The van der Waals surface area contributed by atoms with Crippen LogP contribution in [0.25, 0.3) is 0 Å². The monoisotopic (exact) mass is 499 g/mol. The van der Waals surface area contributed by atoms with Crippen molar-refractivity contribution in [3.63, 3.8) is 0 Å². The standard InChI is InChI=1S/C25H33N5O4S/c1-3-12-28-18-23(31)29-21(11-14-35-2)24(32)27(16-20-10-7-13-34-20)17-22(29)30(28)25(33)26-15-19-8-5-4-6-9-19/h1,4-6,8-9,20-22H,7,10-18H2,2H3,(H,26,33)/t20?,21-,22-/m0/s1. The van der Waals surface area contributed by atoms with Gasteiger partial charge in [0.05, 0.1) is 25.7 Å². The molecule has 0 saturated carbocycles. The summed E-state index contributed by atoms with van der Waals surface area (Å²) >= 11 is 1.63. The van der Waals surface area contributed by atoms with Crippen LogP contribution >= 0.6 is 11.8 Å². The average Bonchev–Trinajstić information content (AvgIpc) is 3.37. The minimum absolute atomic E-state index is 0.0202. The highest BCUT2D eigenvalue weighted by Crippen LogP contribution is 2.29. The molecule has 0 aliphatic carbocycles. The van der Waals surface area contributed by atoms with Gasteiger partial charge in [-0.05, 0) is 36.8 Å². The van der Waals surface area contributed by atoms with Crippen LogP contribution in [0.4, 0.5) is 4.79 Å². The molecule has 0 radical (unpaired) electrons. The number of hydrogen-bond donors (Lipinski definition) is 1. The fraction of sp³-hybridized carbons (Fsp3) is 0.560. The zero-order chi connectivity index (χ0) is 24.8. The maximum absolute atomic E-state index is 13.5. The maximum Gasteiger partial charge on any atom is 0.334 e. The van der Waals surface area contributed by atoms with Crippen molar-refractivity contribution < 1.29 is 19.1 Å². The van der Waals surface area contributed by atoms with E-state index in [4.69, 9.17) is 11.2 Å². The molecule has 0 bridgehead atoms. The molecule has 0 spiro atoms. The first-order valence-corrected chi connectivity index (χ1v) is 13.4. The maximum atomic E-state index is 13.5. The van der Waals surface area contributed by atoms with E-state index in [2.05, 4.69) is 11.2 Å². The van der Waals surface area contributed by atoms with E-state index in [1.807, 2.05) is 36.6 Å². The molecule has 1 N–H and O–H groups in total. The van der Waals surface area contributed by atoms with Gasteiger partial charge in [0.2, 0.25) is 11.8 Å². The Kier molecular flexibility index (Phi) is 8.55. The van der Waals surface area contributed by atoms with Gasteiger partial charge in [-0.3, -0.25) is 9.59 Å². The van der Waals surface area contributed by atoms with E-state index < -0.39 is 12.2 Å². The lowest BCUT2D eigenvalue weighted by atomic mass is 10.0. The van der Waals surface area contributed by atoms with Crippen LogP contribution in [0, 0.1) is 12.3 Å². The summed E-state index contributed by atoms with van der Waals surface area (Å²) < 4.78 is 5.79. The second kappa shape index (κ2) is 11.8. The first-order chi connectivity index (χ1) is 17.0. The number of amides is 4. The van der Waals surface area contributed by atoms with Crippen LogP contribution in [0.3, 0.4) is 0 Å². The largest absolute Gasteiger partial charge is 0.376 e. The Morgan fingerprint density at radius 1 is 1.29 bits per heavy atom. The SMILES string of the molecule is C#CCN1CC(=O)N2[C@@H](CCSC)C(=O)N(CC3CCCO3)C[C@@H]2N1C(=O)NCc1ccccc1. The number of rotatable bonds is 8. The van der Waals surface area contributed by atoms with Crippen LogP contribution in [0.15, 0.2) is 30.3 Å². The van der Waals surface area contributed by atoms with Crippen molar-refractivity contribution in [2.75, 3.05) is 44.8 Å². The third-order valence-electron chi connectivity index (χ3n) is 6.64. The van der Waals surface area contributed by atoms with Crippen molar-refractivity contribution in [2.24, 2.45) is 0 Å². The fourth-order valence-corrected chi connectivity index (χ4v) is 5.46. The number of piperazine rings is 1. The summed E-state index contributed by atoms with van der Waals surface area (Å²) in [6, 6.07) is 8.66. The molecule has 35 heavy (non-hydrogen) atoms. The Balaban J connectivity index is 1.61. The number of hydrazine groups is 1. The summed E-state index contributed by atoms with van der Waals surface area (Å²) in [6.07, 6.45) is 9.32. The van der Waals surface area contributed by atoms with E-state index in [9.17, 15) is 14.4 Å². The van der Waals surface area contributed by atoms with Crippen molar-refractivity contribution >= 4 is 29.6 Å². The van der Waals surface area contributed by atoms with Crippen LogP contribution in [0.2, 0.25) is 0 Å². The number of benzene rings is 1. The number of nitrogens with one attached hydrogen (secondary N) is 1. The number of nitrogens with zero attached hydrogens (tertiary/aromatic N) is 4. The third-order valence-corrected chi connectivity index (χ3v) is 7.29. The number of carbonyl (C=O) groups excluding carboxylic acids is 3. The molecule has 3 atom stereocenters. The lowest BCUT2D eigenvalue weighted by Crippen LogP contribution is -2.76. The van der Waals surface area contributed by atoms with E-state index in [0.717, 1.165) is 24.2 Å². The minimum atomic E-state index is -0.633. The van der Waals surface area contributed by atoms with Gasteiger partial charge in [-0.2, -0.15) is 16.8 Å². The molecule has 9 nitrogen and oxygen atoms in total. The zero-order valence-corrected chi connectivity index (χ0v) is 20.9. The normalized spacial score (nSPS) is 24.9. The Bertz CT molecular complexity index is 949. The number of ether oxygens (including phenoxy) is 1. The molecule has 4 rings (SSSR count). The molecule has 1 aromatic rings. The molecule has 3 fully saturated rings. The Morgan fingerprint density at radius 2 is 2.09 bits per heavy atom. The average molecular weight is 500 g/mol. The topological polar surface area (TPSA) is 85.4 Å². The summed E-state index contributed by atoms with van der Waals surface area (Å²) in [6.45, 7) is 1.79. The predicted molar refractivity (Wildman–Crippen MR) is 134 cm³/mol. The molecule has 10 heteroatoms. The van der Waals surface area contributed by atoms with Crippen molar-refractivity contribution in [2.45, 2.75) is 44.1 Å². The summed E-state index contributed by atoms with van der Waals surface area (Å²) in [5.41, 5.74) is 0.964. The molecule has 3 aliphatic heterocycles. The molecular weight excluding hydrogens is 466 g/mol.